The predicted octanol–water partition coefficient (Wildman–Crippen LogP) is 3.37. The normalized spacial score (nSPS) is 12.0. The second-order valence-corrected chi connectivity index (χ2v) is 4.36. The fraction of sp³-hybridized carbons (Fsp3) is 0.500. The first-order valence-corrected chi connectivity index (χ1v) is 6.71. The number of likely N-dealkylation sites (N-methyl/N-ethyl adjacent to an activating group) is 1. The molecule has 0 N–H and O–H groups in total. The van der Waals surface area contributed by atoms with Gasteiger partial charge in [-0.2, -0.15) is 0 Å². The van der Waals surface area contributed by atoms with Gasteiger partial charge >= 0.3 is 0 Å². The molecule has 0 spiro atoms. The van der Waals surface area contributed by atoms with Crippen molar-refractivity contribution < 1.29 is 9.53 Å². The highest BCUT2D eigenvalue weighted by Gasteiger charge is 2.23. The molecule has 1 aromatic carbocycles. The molecule has 18 heavy (non-hydrogen) atoms. The number of carbonyl (C=O) groups is 1. The number of rotatable bonds is 6. The molecule has 3 nitrogen and oxygen atoms in total. The third-order valence-electron chi connectivity index (χ3n) is 2.83. The lowest BCUT2D eigenvalue weighted by Crippen LogP contribution is -2.41. The summed E-state index contributed by atoms with van der Waals surface area (Å²) in [5, 5.41) is 0.531. The molecule has 0 aromatic heterocycles. The summed E-state index contributed by atoms with van der Waals surface area (Å²) in [7, 11) is 0. The molecule has 0 bridgehead atoms. The fourth-order valence-electron chi connectivity index (χ4n) is 1.74. The molecule has 1 rings (SSSR count). The third kappa shape index (κ3) is 3.64. The Labute approximate surface area is 114 Å². The zero-order chi connectivity index (χ0) is 13.5. The van der Waals surface area contributed by atoms with Gasteiger partial charge in [-0.1, -0.05) is 30.7 Å². The number of hydrogen-bond acceptors (Lipinski definition) is 2. The van der Waals surface area contributed by atoms with Crippen LogP contribution in [-0.4, -0.2) is 30.0 Å². The van der Waals surface area contributed by atoms with E-state index in [0.29, 0.717) is 30.3 Å². The van der Waals surface area contributed by atoms with Crippen LogP contribution in [0.1, 0.15) is 27.2 Å². The van der Waals surface area contributed by atoms with Crippen molar-refractivity contribution in [2.45, 2.75) is 33.3 Å². The van der Waals surface area contributed by atoms with Gasteiger partial charge in [0.25, 0.3) is 5.91 Å². The second kappa shape index (κ2) is 7.27. The summed E-state index contributed by atoms with van der Waals surface area (Å²) >= 11 is 6.03. The number of amides is 1. The number of para-hydroxylation sites is 1. The molecule has 0 aliphatic rings. The highest BCUT2D eigenvalue weighted by molar-refractivity contribution is 6.32. The number of halogens is 1. The van der Waals surface area contributed by atoms with Crippen LogP contribution in [0.5, 0.6) is 5.75 Å². The minimum absolute atomic E-state index is 0.0161. The van der Waals surface area contributed by atoms with Gasteiger partial charge in [-0.15, -0.1) is 0 Å². The smallest absolute Gasteiger partial charge is 0.263 e. The first-order chi connectivity index (χ1) is 8.63. The molecular weight excluding hydrogens is 250 g/mol. The summed E-state index contributed by atoms with van der Waals surface area (Å²) in [6.45, 7) is 7.24. The van der Waals surface area contributed by atoms with Crippen LogP contribution in [0.3, 0.4) is 0 Å². The van der Waals surface area contributed by atoms with Crippen molar-refractivity contribution in [2.75, 3.05) is 13.1 Å². The SMILES string of the molecule is CC[C@@H](Oc1ccccc1Cl)C(=O)N(CC)CC. The molecule has 0 radical (unpaired) electrons. The summed E-state index contributed by atoms with van der Waals surface area (Å²) in [5.41, 5.74) is 0. The van der Waals surface area contributed by atoms with E-state index in [2.05, 4.69) is 0 Å². The average Bonchev–Trinajstić information content (AvgIpc) is 2.39. The molecule has 1 atom stereocenters. The maximum atomic E-state index is 12.2. The predicted molar refractivity (Wildman–Crippen MR) is 74.1 cm³/mol. The van der Waals surface area contributed by atoms with Gasteiger partial charge in [-0.3, -0.25) is 4.79 Å². The molecule has 4 heteroatoms. The van der Waals surface area contributed by atoms with Crippen molar-refractivity contribution >= 4 is 17.5 Å². The second-order valence-electron chi connectivity index (χ2n) is 3.96. The van der Waals surface area contributed by atoms with Gasteiger partial charge in [0, 0.05) is 13.1 Å². The van der Waals surface area contributed by atoms with Gasteiger partial charge in [0.05, 0.1) is 5.02 Å². The van der Waals surface area contributed by atoms with Crippen LogP contribution >= 0.6 is 11.6 Å². The largest absolute Gasteiger partial charge is 0.479 e. The van der Waals surface area contributed by atoms with Crippen molar-refractivity contribution in [3.05, 3.63) is 29.3 Å². The highest BCUT2D eigenvalue weighted by atomic mass is 35.5. The topological polar surface area (TPSA) is 29.5 Å². The summed E-state index contributed by atoms with van der Waals surface area (Å²) < 4.78 is 5.72. The molecule has 1 amide bonds. The number of benzene rings is 1. The Hall–Kier alpha value is -1.22. The highest BCUT2D eigenvalue weighted by Crippen LogP contribution is 2.25. The van der Waals surface area contributed by atoms with Crippen molar-refractivity contribution in [1.82, 2.24) is 4.90 Å². The Morgan fingerprint density at radius 2 is 1.89 bits per heavy atom. The minimum atomic E-state index is -0.468. The van der Waals surface area contributed by atoms with Crippen molar-refractivity contribution in [3.63, 3.8) is 0 Å². The van der Waals surface area contributed by atoms with Crippen LogP contribution in [0.25, 0.3) is 0 Å². The fourth-order valence-corrected chi connectivity index (χ4v) is 1.92. The van der Waals surface area contributed by atoms with Gasteiger partial charge in [0.2, 0.25) is 0 Å². The molecule has 0 heterocycles. The zero-order valence-electron chi connectivity index (χ0n) is 11.1. The van der Waals surface area contributed by atoms with E-state index in [1.807, 2.05) is 32.9 Å². The third-order valence-corrected chi connectivity index (χ3v) is 3.14. The van der Waals surface area contributed by atoms with E-state index < -0.39 is 6.10 Å². The molecule has 0 aliphatic carbocycles. The van der Waals surface area contributed by atoms with Gasteiger partial charge in [0.1, 0.15) is 5.75 Å². The van der Waals surface area contributed by atoms with Crippen molar-refractivity contribution in [3.8, 4) is 5.75 Å². The van der Waals surface area contributed by atoms with Gasteiger partial charge < -0.3 is 9.64 Å². The van der Waals surface area contributed by atoms with Crippen molar-refractivity contribution in [2.24, 2.45) is 0 Å². The molecule has 100 valence electrons. The molecular formula is C14H20ClNO2. The first-order valence-electron chi connectivity index (χ1n) is 6.33. The molecule has 1 aromatic rings. The number of hydrogen-bond donors (Lipinski definition) is 0. The van der Waals surface area contributed by atoms with E-state index in [4.69, 9.17) is 16.3 Å². The van der Waals surface area contributed by atoms with Crippen LogP contribution in [0, 0.1) is 0 Å². The maximum Gasteiger partial charge on any atom is 0.263 e. The number of ether oxygens (including phenoxy) is 1. The Morgan fingerprint density at radius 3 is 2.39 bits per heavy atom. The lowest BCUT2D eigenvalue weighted by molar-refractivity contribution is -0.138. The van der Waals surface area contributed by atoms with E-state index in [-0.39, 0.29) is 5.91 Å². The minimum Gasteiger partial charge on any atom is -0.479 e. The van der Waals surface area contributed by atoms with Gasteiger partial charge in [-0.05, 0) is 32.4 Å². The Kier molecular flexibility index (Phi) is 5.99. The lowest BCUT2D eigenvalue weighted by atomic mass is 10.2. The average molecular weight is 270 g/mol. The van der Waals surface area contributed by atoms with E-state index in [9.17, 15) is 4.79 Å². The van der Waals surface area contributed by atoms with Crippen molar-refractivity contribution in [1.29, 1.82) is 0 Å². The summed E-state index contributed by atoms with van der Waals surface area (Å²) in [6.07, 6.45) is 0.158. The molecule has 0 saturated heterocycles. The number of carbonyl (C=O) groups excluding carboxylic acids is 1. The van der Waals surface area contributed by atoms with Crippen LogP contribution < -0.4 is 4.74 Å². The molecule has 0 unspecified atom stereocenters. The standard InChI is InChI=1S/C14H20ClNO2/c1-4-12(14(17)16(5-2)6-3)18-13-10-8-7-9-11(13)15/h7-10,12H,4-6H2,1-3H3/t12-/m1/s1. The Morgan fingerprint density at radius 1 is 1.28 bits per heavy atom. The van der Waals surface area contributed by atoms with Crippen LogP contribution in [0.2, 0.25) is 5.02 Å². The lowest BCUT2D eigenvalue weighted by Gasteiger charge is -2.25. The van der Waals surface area contributed by atoms with E-state index in [0.717, 1.165) is 0 Å². The van der Waals surface area contributed by atoms with Crippen LogP contribution in [-0.2, 0) is 4.79 Å². The van der Waals surface area contributed by atoms with Crippen LogP contribution in [0.15, 0.2) is 24.3 Å². The Bertz CT molecular complexity index is 391. The van der Waals surface area contributed by atoms with Crippen LogP contribution in [0.4, 0.5) is 0 Å². The first kappa shape index (κ1) is 14.8. The Balaban J connectivity index is 2.79. The monoisotopic (exact) mass is 269 g/mol. The van der Waals surface area contributed by atoms with Gasteiger partial charge in [-0.25, -0.2) is 0 Å². The number of nitrogens with zero attached hydrogens (tertiary/aromatic N) is 1. The summed E-state index contributed by atoms with van der Waals surface area (Å²) in [4.78, 5) is 14.0. The van der Waals surface area contributed by atoms with E-state index in [1.54, 1.807) is 17.0 Å². The summed E-state index contributed by atoms with van der Waals surface area (Å²) in [6, 6.07) is 7.21. The summed E-state index contributed by atoms with van der Waals surface area (Å²) in [5.74, 6) is 0.578. The van der Waals surface area contributed by atoms with Gasteiger partial charge in [0.15, 0.2) is 6.10 Å². The molecule has 0 saturated carbocycles. The van der Waals surface area contributed by atoms with E-state index in [1.165, 1.54) is 0 Å². The quantitative estimate of drug-likeness (QED) is 0.792. The van der Waals surface area contributed by atoms with E-state index >= 15 is 0 Å². The molecule has 0 fully saturated rings. The zero-order valence-corrected chi connectivity index (χ0v) is 11.9. The molecule has 0 aliphatic heterocycles. The maximum absolute atomic E-state index is 12.2.